The summed E-state index contributed by atoms with van der Waals surface area (Å²) in [6.07, 6.45) is 5.28. The first-order valence-corrected chi connectivity index (χ1v) is 7.62. The predicted octanol–water partition coefficient (Wildman–Crippen LogP) is 3.32. The van der Waals surface area contributed by atoms with Gasteiger partial charge >= 0.3 is 0 Å². The van der Waals surface area contributed by atoms with Gasteiger partial charge in [-0.25, -0.2) is 0 Å². The fourth-order valence-corrected chi connectivity index (χ4v) is 3.37. The van der Waals surface area contributed by atoms with E-state index in [-0.39, 0.29) is 0 Å². The van der Waals surface area contributed by atoms with Crippen molar-refractivity contribution in [1.82, 2.24) is 4.90 Å². The van der Waals surface area contributed by atoms with Crippen LogP contribution in [0, 0.1) is 20.8 Å². The predicted molar refractivity (Wildman–Crippen MR) is 82.4 cm³/mol. The Kier molecular flexibility index (Phi) is 5.00. The van der Waals surface area contributed by atoms with Crippen LogP contribution in [0.5, 0.6) is 0 Å². The van der Waals surface area contributed by atoms with E-state index >= 15 is 0 Å². The molecule has 2 heteroatoms. The molecule has 106 valence electrons. The number of hydrogen-bond donors (Lipinski definition) is 1. The standard InChI is InChI=1S/C17H28N2/c1-13-9-14(2)17(15(3)10-13)12-19-8-6-4-5-7-16(19)11-18/h9-10,16H,4-8,11-12,18H2,1-3H3. The van der Waals surface area contributed by atoms with Crippen molar-refractivity contribution in [2.75, 3.05) is 13.1 Å². The van der Waals surface area contributed by atoms with Crippen LogP contribution in [0.15, 0.2) is 12.1 Å². The van der Waals surface area contributed by atoms with Crippen LogP contribution < -0.4 is 5.73 Å². The molecule has 0 bridgehead atoms. The minimum Gasteiger partial charge on any atom is -0.329 e. The molecule has 2 nitrogen and oxygen atoms in total. The van der Waals surface area contributed by atoms with Crippen molar-refractivity contribution in [1.29, 1.82) is 0 Å². The average molecular weight is 260 g/mol. The maximum Gasteiger partial charge on any atom is 0.0242 e. The second-order valence-electron chi connectivity index (χ2n) is 6.09. The molecule has 1 aliphatic heterocycles. The van der Waals surface area contributed by atoms with Crippen LogP contribution >= 0.6 is 0 Å². The Labute approximate surface area is 118 Å². The number of hydrogen-bond acceptors (Lipinski definition) is 2. The van der Waals surface area contributed by atoms with E-state index in [1.165, 1.54) is 54.5 Å². The summed E-state index contributed by atoms with van der Waals surface area (Å²) in [5.41, 5.74) is 11.7. The van der Waals surface area contributed by atoms with E-state index in [0.29, 0.717) is 6.04 Å². The molecule has 0 aromatic heterocycles. The molecule has 0 aliphatic carbocycles. The molecule has 0 amide bonds. The zero-order valence-corrected chi connectivity index (χ0v) is 12.7. The lowest BCUT2D eigenvalue weighted by Gasteiger charge is -2.30. The Balaban J connectivity index is 2.19. The summed E-state index contributed by atoms with van der Waals surface area (Å²) in [6, 6.07) is 5.18. The molecule has 1 aromatic rings. The van der Waals surface area contributed by atoms with E-state index in [0.717, 1.165) is 13.1 Å². The van der Waals surface area contributed by atoms with Crippen LogP contribution in [0.2, 0.25) is 0 Å². The van der Waals surface area contributed by atoms with E-state index < -0.39 is 0 Å². The first-order chi connectivity index (χ1) is 9.11. The van der Waals surface area contributed by atoms with Crippen LogP contribution in [0.1, 0.15) is 47.9 Å². The minimum absolute atomic E-state index is 0.572. The topological polar surface area (TPSA) is 29.3 Å². The van der Waals surface area contributed by atoms with Crippen molar-refractivity contribution >= 4 is 0 Å². The molecule has 0 saturated carbocycles. The third-order valence-electron chi connectivity index (χ3n) is 4.47. The maximum absolute atomic E-state index is 5.98. The van der Waals surface area contributed by atoms with E-state index in [1.807, 2.05) is 0 Å². The smallest absolute Gasteiger partial charge is 0.0242 e. The molecule has 2 N–H and O–H groups in total. The molecule has 1 saturated heterocycles. The van der Waals surface area contributed by atoms with Crippen LogP contribution in [0.4, 0.5) is 0 Å². The zero-order valence-electron chi connectivity index (χ0n) is 12.7. The van der Waals surface area contributed by atoms with Gasteiger partial charge in [-0.1, -0.05) is 30.5 Å². The second kappa shape index (κ2) is 6.53. The lowest BCUT2D eigenvalue weighted by Crippen LogP contribution is -2.39. The Morgan fingerprint density at radius 3 is 2.42 bits per heavy atom. The molecule has 1 atom stereocenters. The maximum atomic E-state index is 5.98. The van der Waals surface area contributed by atoms with Gasteiger partial charge < -0.3 is 5.73 Å². The third kappa shape index (κ3) is 3.58. The molecule has 0 spiro atoms. The summed E-state index contributed by atoms with van der Waals surface area (Å²) in [4.78, 5) is 2.61. The third-order valence-corrected chi connectivity index (χ3v) is 4.47. The molecule has 1 unspecified atom stereocenters. The van der Waals surface area contributed by atoms with Gasteiger partial charge in [0.05, 0.1) is 0 Å². The largest absolute Gasteiger partial charge is 0.329 e. The van der Waals surface area contributed by atoms with Crippen LogP contribution in [-0.4, -0.2) is 24.0 Å². The van der Waals surface area contributed by atoms with Crippen molar-refractivity contribution in [2.45, 2.75) is 59.0 Å². The lowest BCUT2D eigenvalue weighted by atomic mass is 9.98. The molecule has 19 heavy (non-hydrogen) atoms. The normalized spacial score (nSPS) is 21.4. The first-order valence-electron chi connectivity index (χ1n) is 7.62. The van der Waals surface area contributed by atoms with Crippen LogP contribution in [0.25, 0.3) is 0 Å². The van der Waals surface area contributed by atoms with Crippen LogP contribution in [-0.2, 0) is 6.54 Å². The quantitative estimate of drug-likeness (QED) is 0.903. The van der Waals surface area contributed by atoms with Gasteiger partial charge in [0, 0.05) is 19.1 Å². The molecule has 1 fully saturated rings. The van der Waals surface area contributed by atoms with E-state index in [9.17, 15) is 0 Å². The van der Waals surface area contributed by atoms with Crippen molar-refractivity contribution in [3.05, 3.63) is 34.4 Å². The van der Waals surface area contributed by atoms with Crippen molar-refractivity contribution in [3.63, 3.8) is 0 Å². The Hall–Kier alpha value is -0.860. The van der Waals surface area contributed by atoms with Gasteiger partial charge in [-0.3, -0.25) is 4.90 Å². The van der Waals surface area contributed by atoms with E-state index in [2.05, 4.69) is 37.8 Å². The first kappa shape index (κ1) is 14.5. The van der Waals surface area contributed by atoms with Gasteiger partial charge in [0.25, 0.3) is 0 Å². The SMILES string of the molecule is Cc1cc(C)c(CN2CCCCCC2CN)c(C)c1. The van der Waals surface area contributed by atoms with Gasteiger partial charge in [-0.2, -0.15) is 0 Å². The van der Waals surface area contributed by atoms with Gasteiger partial charge in [0.2, 0.25) is 0 Å². The molecule has 1 aliphatic rings. The molecule has 2 rings (SSSR count). The second-order valence-corrected chi connectivity index (χ2v) is 6.09. The fourth-order valence-electron chi connectivity index (χ4n) is 3.37. The summed E-state index contributed by atoms with van der Waals surface area (Å²) in [7, 11) is 0. The highest BCUT2D eigenvalue weighted by Gasteiger charge is 2.20. The number of likely N-dealkylation sites (tertiary alicyclic amines) is 1. The summed E-state index contributed by atoms with van der Waals surface area (Å²) in [5, 5.41) is 0. The molecule has 1 aromatic carbocycles. The molecular formula is C17H28N2. The molecule has 0 radical (unpaired) electrons. The monoisotopic (exact) mass is 260 g/mol. The van der Waals surface area contributed by atoms with Crippen LogP contribution in [0.3, 0.4) is 0 Å². The van der Waals surface area contributed by atoms with Gasteiger partial charge in [-0.05, 0) is 56.8 Å². The van der Waals surface area contributed by atoms with E-state index in [4.69, 9.17) is 5.73 Å². The Bertz CT molecular complexity index is 402. The van der Waals surface area contributed by atoms with Crippen molar-refractivity contribution in [2.24, 2.45) is 5.73 Å². The summed E-state index contributed by atoms with van der Waals surface area (Å²) >= 11 is 0. The fraction of sp³-hybridized carbons (Fsp3) is 0.647. The summed E-state index contributed by atoms with van der Waals surface area (Å²) < 4.78 is 0. The number of nitrogens with two attached hydrogens (primary N) is 1. The Morgan fingerprint density at radius 1 is 1.11 bits per heavy atom. The lowest BCUT2D eigenvalue weighted by molar-refractivity contribution is 0.195. The highest BCUT2D eigenvalue weighted by Crippen LogP contribution is 2.23. The summed E-state index contributed by atoms with van der Waals surface area (Å²) in [5.74, 6) is 0. The zero-order chi connectivity index (χ0) is 13.8. The van der Waals surface area contributed by atoms with Gasteiger partial charge in [-0.15, -0.1) is 0 Å². The number of rotatable bonds is 3. The van der Waals surface area contributed by atoms with Gasteiger partial charge in [0.1, 0.15) is 0 Å². The highest BCUT2D eigenvalue weighted by atomic mass is 15.2. The van der Waals surface area contributed by atoms with Crippen molar-refractivity contribution in [3.8, 4) is 0 Å². The molecule has 1 heterocycles. The van der Waals surface area contributed by atoms with Gasteiger partial charge in [0.15, 0.2) is 0 Å². The van der Waals surface area contributed by atoms with Crippen molar-refractivity contribution < 1.29 is 0 Å². The summed E-state index contributed by atoms with van der Waals surface area (Å²) in [6.45, 7) is 9.73. The molecular weight excluding hydrogens is 232 g/mol. The Morgan fingerprint density at radius 2 is 1.79 bits per heavy atom. The van der Waals surface area contributed by atoms with E-state index in [1.54, 1.807) is 0 Å². The minimum atomic E-state index is 0.572. The average Bonchev–Trinajstić information content (AvgIpc) is 2.58. The highest BCUT2D eigenvalue weighted by molar-refractivity contribution is 5.37. The number of benzene rings is 1. The number of nitrogens with zero attached hydrogens (tertiary/aromatic N) is 1. The number of aryl methyl sites for hydroxylation is 3.